The molecule has 19 heavy (non-hydrogen) atoms. The van der Waals surface area contributed by atoms with Gasteiger partial charge in [0, 0.05) is 27.2 Å². The van der Waals surface area contributed by atoms with Crippen molar-refractivity contribution >= 4 is 11.9 Å². The number of piperidine rings is 1. The third-order valence-electron chi connectivity index (χ3n) is 3.54. The number of hydrogen-bond acceptors (Lipinski definition) is 3. The van der Waals surface area contributed by atoms with Crippen LogP contribution >= 0.6 is 0 Å². The van der Waals surface area contributed by atoms with Crippen LogP contribution in [0.2, 0.25) is 0 Å². The molecule has 0 aromatic heterocycles. The average Bonchev–Trinajstić information content (AvgIpc) is 2.43. The summed E-state index contributed by atoms with van der Waals surface area (Å²) in [6.07, 6.45) is 1.93. The number of likely N-dealkylation sites (N-methyl/N-ethyl adjacent to an activating group) is 1. The van der Waals surface area contributed by atoms with Gasteiger partial charge in [-0.05, 0) is 18.8 Å². The number of rotatable bonds is 4. The predicted molar refractivity (Wildman–Crippen MR) is 72.8 cm³/mol. The summed E-state index contributed by atoms with van der Waals surface area (Å²) in [5.74, 6) is -0.101. The fraction of sp³-hybridized carbons (Fsp3) is 0.846. The van der Waals surface area contributed by atoms with Crippen LogP contribution in [0.4, 0.5) is 4.79 Å². The molecule has 0 saturated carbocycles. The van der Waals surface area contributed by atoms with E-state index in [-0.39, 0.29) is 24.0 Å². The Balaban J connectivity index is 2.51. The van der Waals surface area contributed by atoms with Crippen LogP contribution in [0.15, 0.2) is 0 Å². The fourth-order valence-electron chi connectivity index (χ4n) is 2.21. The Morgan fingerprint density at radius 2 is 1.84 bits per heavy atom. The molecule has 1 aliphatic heterocycles. The molecule has 0 aromatic carbocycles. The highest BCUT2D eigenvalue weighted by molar-refractivity contribution is 5.87. The molecule has 0 bridgehead atoms. The van der Waals surface area contributed by atoms with E-state index in [4.69, 9.17) is 4.74 Å². The monoisotopic (exact) mass is 271 g/mol. The molecule has 6 nitrogen and oxygen atoms in total. The van der Waals surface area contributed by atoms with Crippen molar-refractivity contribution in [2.24, 2.45) is 5.92 Å². The molecule has 2 N–H and O–H groups in total. The number of carbonyl (C=O) groups excluding carboxylic acids is 2. The number of nitrogens with one attached hydrogen (secondary N) is 2. The Hall–Kier alpha value is -1.30. The zero-order valence-corrected chi connectivity index (χ0v) is 12.2. The van der Waals surface area contributed by atoms with Crippen LogP contribution in [0.1, 0.15) is 26.7 Å². The van der Waals surface area contributed by atoms with E-state index >= 15 is 0 Å². The number of carbonyl (C=O) groups is 2. The highest BCUT2D eigenvalue weighted by atomic mass is 16.5. The minimum atomic E-state index is -0.488. The van der Waals surface area contributed by atoms with Gasteiger partial charge in [0.2, 0.25) is 5.91 Å². The first-order chi connectivity index (χ1) is 8.99. The van der Waals surface area contributed by atoms with Gasteiger partial charge in [-0.1, -0.05) is 13.8 Å². The lowest BCUT2D eigenvalue weighted by molar-refractivity contribution is -0.123. The zero-order chi connectivity index (χ0) is 14.4. The molecule has 110 valence electrons. The predicted octanol–water partition coefficient (Wildman–Crippen LogP) is 0.577. The second-order valence-electron chi connectivity index (χ2n) is 5.21. The quantitative estimate of drug-likeness (QED) is 0.785. The van der Waals surface area contributed by atoms with Gasteiger partial charge in [-0.25, -0.2) is 4.79 Å². The van der Waals surface area contributed by atoms with Gasteiger partial charge in [-0.2, -0.15) is 0 Å². The van der Waals surface area contributed by atoms with Crippen molar-refractivity contribution in [1.82, 2.24) is 15.5 Å². The van der Waals surface area contributed by atoms with Crippen molar-refractivity contribution in [1.29, 1.82) is 0 Å². The van der Waals surface area contributed by atoms with Gasteiger partial charge >= 0.3 is 6.03 Å². The number of urea groups is 1. The van der Waals surface area contributed by atoms with Gasteiger partial charge in [0.15, 0.2) is 0 Å². The molecular weight excluding hydrogens is 246 g/mol. The van der Waals surface area contributed by atoms with Crippen LogP contribution in [0.25, 0.3) is 0 Å². The molecule has 0 aliphatic carbocycles. The Kier molecular flexibility index (Phi) is 6.08. The molecule has 0 spiro atoms. The second-order valence-corrected chi connectivity index (χ2v) is 5.21. The topological polar surface area (TPSA) is 70.7 Å². The maximum atomic E-state index is 12.1. The summed E-state index contributed by atoms with van der Waals surface area (Å²) in [4.78, 5) is 25.6. The minimum Gasteiger partial charge on any atom is -0.381 e. The summed E-state index contributed by atoms with van der Waals surface area (Å²) in [7, 11) is 3.27. The van der Waals surface area contributed by atoms with E-state index in [1.807, 2.05) is 13.8 Å². The second kappa shape index (κ2) is 7.33. The zero-order valence-electron chi connectivity index (χ0n) is 12.2. The van der Waals surface area contributed by atoms with Crippen LogP contribution < -0.4 is 10.6 Å². The maximum Gasteiger partial charge on any atom is 0.318 e. The molecule has 1 aliphatic rings. The van der Waals surface area contributed by atoms with Gasteiger partial charge in [0.1, 0.15) is 6.04 Å². The van der Waals surface area contributed by atoms with E-state index in [2.05, 4.69) is 10.6 Å². The number of likely N-dealkylation sites (tertiary alicyclic amines) is 1. The summed E-state index contributed by atoms with van der Waals surface area (Å²) in [6.45, 7) is 5.17. The molecule has 1 rings (SSSR count). The molecule has 6 heteroatoms. The van der Waals surface area contributed by atoms with Crippen molar-refractivity contribution in [2.45, 2.75) is 38.8 Å². The molecule has 0 radical (unpaired) electrons. The molecule has 1 saturated heterocycles. The number of ether oxygens (including phenoxy) is 1. The number of methoxy groups -OCH3 is 1. The van der Waals surface area contributed by atoms with Gasteiger partial charge in [-0.15, -0.1) is 0 Å². The molecule has 0 aromatic rings. The Bertz CT molecular complexity index is 312. The van der Waals surface area contributed by atoms with Crippen LogP contribution in [0.5, 0.6) is 0 Å². The number of hydrogen-bond donors (Lipinski definition) is 2. The van der Waals surface area contributed by atoms with Crippen LogP contribution in [-0.4, -0.2) is 56.2 Å². The lowest BCUT2D eigenvalue weighted by Gasteiger charge is -2.33. The van der Waals surface area contributed by atoms with Gasteiger partial charge in [-0.3, -0.25) is 4.79 Å². The fourth-order valence-corrected chi connectivity index (χ4v) is 2.21. The Labute approximate surface area is 114 Å². The lowest BCUT2D eigenvalue weighted by Crippen LogP contribution is -2.54. The van der Waals surface area contributed by atoms with Crippen molar-refractivity contribution in [3.8, 4) is 0 Å². The van der Waals surface area contributed by atoms with E-state index in [1.54, 1.807) is 19.1 Å². The summed E-state index contributed by atoms with van der Waals surface area (Å²) in [5.41, 5.74) is 0. The summed E-state index contributed by atoms with van der Waals surface area (Å²) in [5, 5.41) is 5.38. The first-order valence-corrected chi connectivity index (χ1v) is 6.79. The van der Waals surface area contributed by atoms with Crippen LogP contribution in [-0.2, 0) is 9.53 Å². The van der Waals surface area contributed by atoms with E-state index in [9.17, 15) is 9.59 Å². The Morgan fingerprint density at radius 3 is 2.26 bits per heavy atom. The summed E-state index contributed by atoms with van der Waals surface area (Å²) < 4.78 is 5.27. The number of amides is 3. The van der Waals surface area contributed by atoms with E-state index < -0.39 is 6.04 Å². The van der Waals surface area contributed by atoms with Crippen molar-refractivity contribution in [2.75, 3.05) is 27.2 Å². The highest BCUT2D eigenvalue weighted by Crippen LogP contribution is 2.13. The summed E-state index contributed by atoms with van der Waals surface area (Å²) >= 11 is 0. The van der Waals surface area contributed by atoms with Gasteiger partial charge in [0.05, 0.1) is 6.10 Å². The molecule has 1 heterocycles. The maximum absolute atomic E-state index is 12.1. The molecule has 0 unspecified atom stereocenters. The van der Waals surface area contributed by atoms with Gasteiger partial charge < -0.3 is 20.3 Å². The third kappa shape index (κ3) is 4.38. The lowest BCUT2D eigenvalue weighted by atomic mass is 10.0. The van der Waals surface area contributed by atoms with Crippen molar-refractivity contribution < 1.29 is 14.3 Å². The normalized spacial score (nSPS) is 18.3. The van der Waals surface area contributed by atoms with Crippen LogP contribution in [0.3, 0.4) is 0 Å². The van der Waals surface area contributed by atoms with E-state index in [0.29, 0.717) is 13.1 Å². The largest absolute Gasteiger partial charge is 0.381 e. The first kappa shape index (κ1) is 15.8. The molecule has 3 amide bonds. The number of nitrogens with zero attached hydrogens (tertiary/aromatic N) is 1. The third-order valence-corrected chi connectivity index (χ3v) is 3.54. The molecular formula is C13H25N3O3. The average molecular weight is 271 g/mol. The molecule has 1 atom stereocenters. The highest BCUT2D eigenvalue weighted by Gasteiger charge is 2.27. The smallest absolute Gasteiger partial charge is 0.318 e. The van der Waals surface area contributed by atoms with Gasteiger partial charge in [0.25, 0.3) is 0 Å². The van der Waals surface area contributed by atoms with Crippen molar-refractivity contribution in [3.63, 3.8) is 0 Å². The Morgan fingerprint density at radius 1 is 1.26 bits per heavy atom. The van der Waals surface area contributed by atoms with Crippen molar-refractivity contribution in [3.05, 3.63) is 0 Å². The minimum absolute atomic E-state index is 0.0559. The van der Waals surface area contributed by atoms with E-state index in [0.717, 1.165) is 12.8 Å². The SMILES string of the molecule is CNC(=O)[C@@H](NC(=O)N1CCC(OC)CC1)C(C)C. The standard InChI is InChI=1S/C13H25N3O3/c1-9(2)11(12(17)14-3)15-13(18)16-7-5-10(19-4)6-8-16/h9-11H,5-8H2,1-4H3,(H,14,17)(H,15,18)/t11-/m0/s1. The summed E-state index contributed by atoms with van der Waals surface area (Å²) in [6, 6.07) is -0.658. The van der Waals surface area contributed by atoms with Crippen LogP contribution in [0, 0.1) is 5.92 Å². The molecule has 1 fully saturated rings. The first-order valence-electron chi connectivity index (χ1n) is 6.79. The van der Waals surface area contributed by atoms with E-state index in [1.165, 1.54) is 0 Å².